The van der Waals surface area contributed by atoms with Gasteiger partial charge < -0.3 is 9.47 Å². The van der Waals surface area contributed by atoms with Crippen LogP contribution in [0.2, 0.25) is 0 Å². The van der Waals surface area contributed by atoms with E-state index in [-0.39, 0.29) is 5.91 Å². The summed E-state index contributed by atoms with van der Waals surface area (Å²) in [5.41, 5.74) is 2.15. The molecule has 0 aliphatic carbocycles. The summed E-state index contributed by atoms with van der Waals surface area (Å²) in [5.74, 6) is 1.24. The zero-order chi connectivity index (χ0) is 20.1. The van der Waals surface area contributed by atoms with Crippen molar-refractivity contribution in [1.82, 2.24) is 4.98 Å². The standard InChI is InChI=1S/C21H22N2O3S2/c1-13(2)28-16-7-5-6-14(10-16)20(24)23-21-22-18(12-27-21)17-11-15(25-3)8-9-19(17)26-4/h5-13H,1-4H3,(H,22,23,24). The molecule has 0 unspecified atom stereocenters. The number of methoxy groups -OCH3 is 2. The lowest BCUT2D eigenvalue weighted by molar-refractivity contribution is 0.102. The van der Waals surface area contributed by atoms with Gasteiger partial charge in [0.05, 0.1) is 19.9 Å². The molecule has 1 heterocycles. The number of hydrogen-bond acceptors (Lipinski definition) is 6. The number of carbonyl (C=O) groups is 1. The van der Waals surface area contributed by atoms with E-state index in [0.29, 0.717) is 27.4 Å². The molecular formula is C21H22N2O3S2. The van der Waals surface area contributed by atoms with Crippen LogP contribution in [0.25, 0.3) is 11.3 Å². The molecule has 1 aromatic heterocycles. The number of carbonyl (C=O) groups excluding carboxylic acids is 1. The summed E-state index contributed by atoms with van der Waals surface area (Å²) in [6, 6.07) is 13.2. The minimum Gasteiger partial charge on any atom is -0.497 e. The molecule has 0 aliphatic rings. The predicted molar refractivity (Wildman–Crippen MR) is 116 cm³/mol. The molecule has 28 heavy (non-hydrogen) atoms. The average molecular weight is 415 g/mol. The Balaban J connectivity index is 1.79. The van der Waals surface area contributed by atoms with Gasteiger partial charge in [-0.05, 0) is 36.4 Å². The van der Waals surface area contributed by atoms with Gasteiger partial charge in [0.15, 0.2) is 5.13 Å². The highest BCUT2D eigenvalue weighted by Gasteiger charge is 2.14. The van der Waals surface area contributed by atoms with Gasteiger partial charge in [0.25, 0.3) is 5.91 Å². The Hall–Kier alpha value is -2.51. The smallest absolute Gasteiger partial charge is 0.257 e. The van der Waals surface area contributed by atoms with Crippen LogP contribution in [-0.4, -0.2) is 30.4 Å². The van der Waals surface area contributed by atoms with Crippen molar-refractivity contribution in [3.63, 3.8) is 0 Å². The van der Waals surface area contributed by atoms with Crippen molar-refractivity contribution in [1.29, 1.82) is 0 Å². The largest absolute Gasteiger partial charge is 0.497 e. The first-order valence-electron chi connectivity index (χ1n) is 8.76. The Morgan fingerprint density at radius 1 is 1.14 bits per heavy atom. The second-order valence-electron chi connectivity index (χ2n) is 6.25. The van der Waals surface area contributed by atoms with Crippen LogP contribution >= 0.6 is 23.1 Å². The summed E-state index contributed by atoms with van der Waals surface area (Å²) in [6.45, 7) is 4.25. The zero-order valence-corrected chi connectivity index (χ0v) is 17.8. The molecule has 0 spiro atoms. The number of nitrogens with one attached hydrogen (secondary N) is 1. The maximum atomic E-state index is 12.6. The van der Waals surface area contributed by atoms with E-state index in [9.17, 15) is 4.79 Å². The van der Waals surface area contributed by atoms with E-state index in [0.717, 1.165) is 16.2 Å². The van der Waals surface area contributed by atoms with Crippen molar-refractivity contribution in [2.45, 2.75) is 24.0 Å². The molecule has 0 bridgehead atoms. The molecule has 1 amide bonds. The van der Waals surface area contributed by atoms with Gasteiger partial charge in [-0.25, -0.2) is 4.98 Å². The van der Waals surface area contributed by atoms with E-state index in [2.05, 4.69) is 24.1 Å². The van der Waals surface area contributed by atoms with Gasteiger partial charge in [-0.3, -0.25) is 10.1 Å². The van der Waals surface area contributed by atoms with Crippen LogP contribution in [0, 0.1) is 0 Å². The number of aromatic nitrogens is 1. The van der Waals surface area contributed by atoms with Crippen LogP contribution in [0.5, 0.6) is 11.5 Å². The highest BCUT2D eigenvalue weighted by Crippen LogP contribution is 2.35. The van der Waals surface area contributed by atoms with Gasteiger partial charge in [0.2, 0.25) is 0 Å². The SMILES string of the molecule is COc1ccc(OC)c(-c2csc(NC(=O)c3cccc(SC(C)C)c3)n2)c1. The van der Waals surface area contributed by atoms with Crippen molar-refractivity contribution in [3.8, 4) is 22.8 Å². The van der Waals surface area contributed by atoms with E-state index in [1.165, 1.54) is 11.3 Å². The number of anilines is 1. The molecule has 0 fully saturated rings. The fourth-order valence-electron chi connectivity index (χ4n) is 2.62. The van der Waals surface area contributed by atoms with Gasteiger partial charge in [-0.1, -0.05) is 19.9 Å². The normalized spacial score (nSPS) is 10.8. The second kappa shape index (κ2) is 9.12. The fourth-order valence-corrected chi connectivity index (χ4v) is 4.22. The Morgan fingerprint density at radius 2 is 1.96 bits per heavy atom. The Kier molecular flexibility index (Phi) is 6.59. The van der Waals surface area contributed by atoms with Crippen LogP contribution in [0.15, 0.2) is 52.7 Å². The number of ether oxygens (including phenoxy) is 2. The summed E-state index contributed by atoms with van der Waals surface area (Å²) in [7, 11) is 3.23. The van der Waals surface area contributed by atoms with E-state index in [1.807, 2.05) is 41.8 Å². The first-order valence-corrected chi connectivity index (χ1v) is 10.5. The van der Waals surface area contributed by atoms with Crippen molar-refractivity contribution in [2.75, 3.05) is 19.5 Å². The van der Waals surface area contributed by atoms with E-state index >= 15 is 0 Å². The maximum absolute atomic E-state index is 12.6. The van der Waals surface area contributed by atoms with Gasteiger partial charge in [-0.2, -0.15) is 0 Å². The maximum Gasteiger partial charge on any atom is 0.257 e. The van der Waals surface area contributed by atoms with E-state index < -0.39 is 0 Å². The molecule has 2 aromatic carbocycles. The minimum absolute atomic E-state index is 0.176. The van der Waals surface area contributed by atoms with Gasteiger partial charge >= 0.3 is 0 Å². The van der Waals surface area contributed by atoms with Crippen molar-refractivity contribution < 1.29 is 14.3 Å². The molecule has 3 rings (SSSR count). The highest BCUT2D eigenvalue weighted by atomic mass is 32.2. The fraction of sp³-hybridized carbons (Fsp3) is 0.238. The Bertz CT molecular complexity index is 970. The third-order valence-corrected chi connectivity index (χ3v) is 5.63. The first-order chi connectivity index (χ1) is 13.5. The summed E-state index contributed by atoms with van der Waals surface area (Å²) in [4.78, 5) is 18.2. The number of benzene rings is 2. The van der Waals surface area contributed by atoms with Crippen LogP contribution in [0.3, 0.4) is 0 Å². The van der Waals surface area contributed by atoms with Gasteiger partial charge in [0, 0.05) is 26.7 Å². The van der Waals surface area contributed by atoms with Gasteiger partial charge in [-0.15, -0.1) is 23.1 Å². The lowest BCUT2D eigenvalue weighted by atomic mass is 10.1. The van der Waals surface area contributed by atoms with Crippen LogP contribution in [-0.2, 0) is 0 Å². The molecule has 0 saturated heterocycles. The van der Waals surface area contributed by atoms with Crippen LogP contribution in [0.1, 0.15) is 24.2 Å². The summed E-state index contributed by atoms with van der Waals surface area (Å²) in [5, 5.41) is 5.76. The number of hydrogen-bond donors (Lipinski definition) is 1. The third-order valence-electron chi connectivity index (χ3n) is 3.88. The predicted octanol–water partition coefficient (Wildman–Crippen LogP) is 5.58. The number of thioether (sulfide) groups is 1. The molecular weight excluding hydrogens is 392 g/mol. The second-order valence-corrected chi connectivity index (χ2v) is 8.76. The number of nitrogens with zero attached hydrogens (tertiary/aromatic N) is 1. The minimum atomic E-state index is -0.176. The Labute approximate surface area is 173 Å². The summed E-state index contributed by atoms with van der Waals surface area (Å²) < 4.78 is 10.7. The molecule has 5 nitrogen and oxygen atoms in total. The molecule has 146 valence electrons. The zero-order valence-electron chi connectivity index (χ0n) is 16.2. The average Bonchev–Trinajstić information content (AvgIpc) is 3.15. The number of rotatable bonds is 7. The summed E-state index contributed by atoms with van der Waals surface area (Å²) in [6.07, 6.45) is 0. The van der Waals surface area contributed by atoms with E-state index in [1.54, 1.807) is 32.0 Å². The summed E-state index contributed by atoms with van der Waals surface area (Å²) >= 11 is 3.10. The van der Waals surface area contributed by atoms with E-state index in [4.69, 9.17) is 9.47 Å². The molecule has 7 heteroatoms. The molecule has 1 N–H and O–H groups in total. The highest BCUT2D eigenvalue weighted by molar-refractivity contribution is 7.99. The molecule has 0 aliphatic heterocycles. The van der Waals surface area contributed by atoms with Gasteiger partial charge in [0.1, 0.15) is 11.5 Å². The molecule has 0 radical (unpaired) electrons. The monoisotopic (exact) mass is 414 g/mol. The number of thiazole rings is 1. The molecule has 0 atom stereocenters. The quantitative estimate of drug-likeness (QED) is 0.511. The lowest BCUT2D eigenvalue weighted by Crippen LogP contribution is -2.11. The topological polar surface area (TPSA) is 60.5 Å². The molecule has 0 saturated carbocycles. The van der Waals surface area contributed by atoms with Crippen molar-refractivity contribution in [2.24, 2.45) is 0 Å². The van der Waals surface area contributed by atoms with Crippen molar-refractivity contribution >= 4 is 34.1 Å². The van der Waals surface area contributed by atoms with Crippen molar-refractivity contribution in [3.05, 3.63) is 53.4 Å². The Morgan fingerprint density at radius 3 is 2.68 bits per heavy atom. The molecule has 3 aromatic rings. The number of amides is 1. The first kappa shape index (κ1) is 20.2. The lowest BCUT2D eigenvalue weighted by Gasteiger charge is -2.08. The van der Waals surface area contributed by atoms with Crippen LogP contribution < -0.4 is 14.8 Å². The third kappa shape index (κ3) is 4.85. The van der Waals surface area contributed by atoms with Crippen LogP contribution in [0.4, 0.5) is 5.13 Å².